The van der Waals surface area contributed by atoms with Gasteiger partial charge in [-0.15, -0.1) is 0 Å². The first-order valence-electron chi connectivity index (χ1n) is 9.01. The lowest BCUT2D eigenvalue weighted by Crippen LogP contribution is -2.48. The number of hydrogen-bond donors (Lipinski definition) is 2. The number of halogens is 1. The van der Waals surface area contributed by atoms with Crippen LogP contribution in [0.4, 0.5) is 4.39 Å². The summed E-state index contributed by atoms with van der Waals surface area (Å²) in [5, 5.41) is 0. The van der Waals surface area contributed by atoms with E-state index >= 15 is 0 Å². The van der Waals surface area contributed by atoms with Crippen molar-refractivity contribution in [3.05, 3.63) is 59.4 Å². The maximum atomic E-state index is 13.5. The second-order valence-electron chi connectivity index (χ2n) is 6.69. The van der Waals surface area contributed by atoms with Gasteiger partial charge in [-0.25, -0.2) is 4.39 Å². The van der Waals surface area contributed by atoms with Crippen molar-refractivity contribution in [2.24, 2.45) is 0 Å². The third-order valence-corrected chi connectivity index (χ3v) is 4.07. The second-order valence-corrected chi connectivity index (χ2v) is 6.69. The van der Waals surface area contributed by atoms with Crippen LogP contribution in [0.5, 0.6) is 11.5 Å². The minimum atomic E-state index is -0.996. The minimum absolute atomic E-state index is 0.0416. The highest BCUT2D eigenvalue weighted by Gasteiger charge is 2.17. The highest BCUT2D eigenvalue weighted by Crippen LogP contribution is 2.23. The summed E-state index contributed by atoms with van der Waals surface area (Å²) in [6.45, 7) is 7.39. The molecule has 0 heterocycles. The van der Waals surface area contributed by atoms with Crippen molar-refractivity contribution < 1.29 is 23.5 Å². The van der Waals surface area contributed by atoms with Crippen molar-refractivity contribution in [1.82, 2.24) is 10.9 Å². The van der Waals surface area contributed by atoms with Crippen LogP contribution in [0.2, 0.25) is 0 Å². The van der Waals surface area contributed by atoms with E-state index in [-0.39, 0.29) is 12.4 Å². The predicted octanol–water partition coefficient (Wildman–Crippen LogP) is 3.25. The van der Waals surface area contributed by atoms with Crippen LogP contribution in [-0.4, -0.2) is 24.5 Å². The number of nitrogens with one attached hydrogen (secondary N) is 2. The van der Waals surface area contributed by atoms with Gasteiger partial charge in [-0.05, 0) is 55.2 Å². The molecule has 6 nitrogen and oxygen atoms in total. The number of carbonyl (C=O) groups is 2. The number of hydrogen-bond acceptors (Lipinski definition) is 4. The van der Waals surface area contributed by atoms with Gasteiger partial charge >= 0.3 is 0 Å². The molecule has 0 aliphatic heterocycles. The first-order chi connectivity index (χ1) is 13.3. The van der Waals surface area contributed by atoms with Crippen molar-refractivity contribution in [1.29, 1.82) is 0 Å². The molecule has 0 aromatic heterocycles. The van der Waals surface area contributed by atoms with Gasteiger partial charge in [0.2, 0.25) is 0 Å². The Morgan fingerprint density at radius 3 is 2.43 bits per heavy atom. The molecule has 0 aliphatic rings. The molecule has 2 aromatic rings. The van der Waals surface area contributed by atoms with Crippen molar-refractivity contribution in [2.45, 2.75) is 39.7 Å². The molecule has 0 spiro atoms. The van der Waals surface area contributed by atoms with Crippen molar-refractivity contribution in [3.63, 3.8) is 0 Å². The Hall–Kier alpha value is -3.09. The molecule has 7 heteroatoms. The molecule has 0 saturated heterocycles. The zero-order valence-corrected chi connectivity index (χ0v) is 16.4. The van der Waals surface area contributed by atoms with Gasteiger partial charge in [-0.1, -0.05) is 32.0 Å². The second kappa shape index (κ2) is 9.73. The summed E-state index contributed by atoms with van der Waals surface area (Å²) >= 11 is 0. The Bertz CT molecular complexity index is 839. The Balaban J connectivity index is 1.78. The summed E-state index contributed by atoms with van der Waals surface area (Å²) in [5.41, 5.74) is 6.77. The van der Waals surface area contributed by atoms with Gasteiger partial charge in [-0.2, -0.15) is 0 Å². The van der Waals surface area contributed by atoms with Crippen LogP contribution in [0.3, 0.4) is 0 Å². The third kappa shape index (κ3) is 5.97. The average molecular weight is 388 g/mol. The first-order valence-corrected chi connectivity index (χ1v) is 9.01. The number of amides is 2. The summed E-state index contributed by atoms with van der Waals surface area (Å²) in [7, 11) is 0. The van der Waals surface area contributed by atoms with E-state index in [4.69, 9.17) is 9.47 Å². The van der Waals surface area contributed by atoms with Crippen LogP contribution >= 0.6 is 0 Å². The molecule has 2 amide bonds. The van der Waals surface area contributed by atoms with E-state index in [0.717, 1.165) is 5.56 Å². The molecule has 0 unspecified atom stereocenters. The Kier molecular flexibility index (Phi) is 7.37. The molecule has 2 aromatic carbocycles. The number of aryl methyl sites for hydroxylation is 1. The van der Waals surface area contributed by atoms with Crippen LogP contribution in [0.25, 0.3) is 0 Å². The zero-order chi connectivity index (χ0) is 20.7. The summed E-state index contributed by atoms with van der Waals surface area (Å²) in [4.78, 5) is 23.8. The largest absolute Gasteiger partial charge is 0.484 e. The van der Waals surface area contributed by atoms with Crippen LogP contribution in [0, 0.1) is 12.7 Å². The summed E-state index contributed by atoms with van der Waals surface area (Å²) in [5.74, 6) is -0.787. The maximum Gasteiger partial charge on any atom is 0.279 e. The Morgan fingerprint density at radius 1 is 1.07 bits per heavy atom. The van der Waals surface area contributed by atoms with Crippen molar-refractivity contribution in [3.8, 4) is 11.5 Å². The Morgan fingerprint density at radius 2 is 1.79 bits per heavy atom. The average Bonchev–Trinajstić information content (AvgIpc) is 2.65. The molecule has 0 bridgehead atoms. The predicted molar refractivity (Wildman–Crippen MR) is 104 cm³/mol. The van der Waals surface area contributed by atoms with E-state index in [1.54, 1.807) is 12.1 Å². The van der Waals surface area contributed by atoms with Gasteiger partial charge in [0.1, 0.15) is 5.75 Å². The molecular formula is C21H25FN2O4. The molecule has 0 aliphatic carbocycles. The first kappa shape index (κ1) is 21.2. The van der Waals surface area contributed by atoms with E-state index in [0.29, 0.717) is 11.7 Å². The normalized spacial score (nSPS) is 11.6. The van der Waals surface area contributed by atoms with Gasteiger partial charge in [0.05, 0.1) is 0 Å². The van der Waals surface area contributed by atoms with E-state index in [9.17, 15) is 14.0 Å². The molecule has 2 rings (SSSR count). The molecule has 0 fully saturated rings. The smallest absolute Gasteiger partial charge is 0.279 e. The Labute approximate surface area is 164 Å². The minimum Gasteiger partial charge on any atom is -0.484 e. The van der Waals surface area contributed by atoms with Crippen molar-refractivity contribution in [2.75, 3.05) is 6.61 Å². The van der Waals surface area contributed by atoms with Crippen LogP contribution in [0.15, 0.2) is 42.5 Å². The number of ether oxygens (including phenoxy) is 2. The van der Waals surface area contributed by atoms with Crippen LogP contribution < -0.4 is 20.3 Å². The molecule has 0 radical (unpaired) electrons. The van der Waals surface area contributed by atoms with Crippen molar-refractivity contribution >= 4 is 11.8 Å². The summed E-state index contributed by atoms with van der Waals surface area (Å²) < 4.78 is 24.2. The van der Waals surface area contributed by atoms with E-state index in [1.807, 2.05) is 19.1 Å². The van der Waals surface area contributed by atoms with Crippen LogP contribution in [-0.2, 0) is 9.59 Å². The fourth-order valence-electron chi connectivity index (χ4n) is 2.59. The highest BCUT2D eigenvalue weighted by molar-refractivity contribution is 5.85. The van der Waals surface area contributed by atoms with Gasteiger partial charge in [0, 0.05) is 0 Å². The van der Waals surface area contributed by atoms with E-state index < -0.39 is 23.7 Å². The number of carbonyl (C=O) groups excluding carboxylic acids is 2. The molecule has 2 N–H and O–H groups in total. The topological polar surface area (TPSA) is 76.7 Å². The molecule has 0 saturated carbocycles. The number of para-hydroxylation sites is 1. The molecule has 1 atom stereocenters. The fourth-order valence-corrected chi connectivity index (χ4v) is 2.59. The van der Waals surface area contributed by atoms with E-state index in [2.05, 4.69) is 24.7 Å². The maximum absolute atomic E-state index is 13.5. The SMILES string of the molecule is Cc1cc(OCC(=O)NNC(=O)[C@H](C)Oc2ccccc2F)ccc1C(C)C. The number of benzene rings is 2. The van der Waals surface area contributed by atoms with Gasteiger partial charge < -0.3 is 9.47 Å². The monoisotopic (exact) mass is 388 g/mol. The quantitative estimate of drug-likeness (QED) is 0.714. The lowest BCUT2D eigenvalue weighted by Gasteiger charge is -2.16. The zero-order valence-electron chi connectivity index (χ0n) is 16.4. The standard InChI is InChI=1S/C21H25FN2O4/c1-13(2)17-10-9-16(11-14(17)3)27-12-20(25)23-24-21(26)15(4)28-19-8-6-5-7-18(19)22/h5-11,13,15H,12H2,1-4H3,(H,23,25)(H,24,26)/t15-/m0/s1. The summed E-state index contributed by atoms with van der Waals surface area (Å²) in [6, 6.07) is 11.4. The van der Waals surface area contributed by atoms with Gasteiger partial charge in [0.25, 0.3) is 11.8 Å². The van der Waals surface area contributed by atoms with Crippen LogP contribution in [0.1, 0.15) is 37.8 Å². The van der Waals surface area contributed by atoms with Gasteiger partial charge in [-0.3, -0.25) is 20.4 Å². The summed E-state index contributed by atoms with van der Waals surface area (Å²) in [6.07, 6.45) is -0.996. The number of rotatable bonds is 7. The molecular weight excluding hydrogens is 363 g/mol. The molecule has 150 valence electrons. The number of hydrazine groups is 1. The van der Waals surface area contributed by atoms with Gasteiger partial charge in [0.15, 0.2) is 24.3 Å². The fraction of sp³-hybridized carbons (Fsp3) is 0.333. The lowest BCUT2D eigenvalue weighted by atomic mass is 9.98. The lowest BCUT2D eigenvalue weighted by molar-refractivity contribution is -0.133. The van der Waals surface area contributed by atoms with E-state index in [1.165, 1.54) is 30.7 Å². The third-order valence-electron chi connectivity index (χ3n) is 4.07. The highest BCUT2D eigenvalue weighted by atomic mass is 19.1. The molecule has 28 heavy (non-hydrogen) atoms.